The molecule has 1 rings (SSSR count). The summed E-state index contributed by atoms with van der Waals surface area (Å²) in [4.78, 5) is 22.1. The van der Waals surface area contributed by atoms with E-state index in [4.69, 9.17) is 4.74 Å². The second kappa shape index (κ2) is 4.28. The van der Waals surface area contributed by atoms with Crippen LogP contribution in [0.2, 0.25) is 0 Å². The van der Waals surface area contributed by atoms with Gasteiger partial charge in [-0.1, -0.05) is 0 Å². The molecule has 0 saturated carbocycles. The Bertz CT molecular complexity index is 242. The van der Waals surface area contributed by atoms with E-state index in [-0.39, 0.29) is 12.2 Å². The van der Waals surface area contributed by atoms with E-state index in [9.17, 15) is 9.59 Å². The molecule has 0 bridgehead atoms. The van der Waals surface area contributed by atoms with Crippen LogP contribution in [0, 0.1) is 0 Å². The van der Waals surface area contributed by atoms with Gasteiger partial charge < -0.3 is 19.5 Å². The number of alkyl carbamates (subject to hydrolysis) is 1. The zero-order chi connectivity index (χ0) is 10.7. The van der Waals surface area contributed by atoms with Crippen LogP contribution in [0.15, 0.2) is 0 Å². The number of carbonyl (C=O) groups excluding carboxylic acids is 2. The quantitative estimate of drug-likeness (QED) is 0.502. The zero-order valence-corrected chi connectivity index (χ0v) is 8.27. The Hall–Kier alpha value is -1.30. The van der Waals surface area contributed by atoms with Crippen molar-refractivity contribution in [1.82, 2.24) is 5.32 Å². The van der Waals surface area contributed by atoms with E-state index in [0.717, 1.165) is 0 Å². The molecule has 1 heterocycles. The first-order valence-electron chi connectivity index (χ1n) is 4.18. The topological polar surface area (TPSA) is 77.2 Å². The van der Waals surface area contributed by atoms with Gasteiger partial charge in [-0.15, -0.1) is 0 Å². The van der Waals surface area contributed by atoms with Crippen molar-refractivity contribution in [2.75, 3.05) is 14.2 Å². The molecule has 1 aliphatic rings. The second-order valence-corrected chi connectivity index (χ2v) is 2.94. The maximum Gasteiger partial charge on any atom is 0.407 e. The molecule has 1 amide bonds. The van der Waals surface area contributed by atoms with Crippen molar-refractivity contribution in [2.45, 2.75) is 25.2 Å². The zero-order valence-electron chi connectivity index (χ0n) is 8.27. The van der Waals surface area contributed by atoms with Gasteiger partial charge in [-0.3, -0.25) is 0 Å². The van der Waals surface area contributed by atoms with Crippen molar-refractivity contribution in [3.63, 3.8) is 0 Å². The van der Waals surface area contributed by atoms with Crippen LogP contribution >= 0.6 is 0 Å². The van der Waals surface area contributed by atoms with Crippen LogP contribution in [0.25, 0.3) is 0 Å². The van der Waals surface area contributed by atoms with Crippen LogP contribution in [0.1, 0.15) is 6.92 Å². The molecule has 6 nitrogen and oxygen atoms in total. The van der Waals surface area contributed by atoms with Gasteiger partial charge in [-0.05, 0) is 6.92 Å². The fourth-order valence-corrected chi connectivity index (χ4v) is 1.14. The van der Waals surface area contributed by atoms with Gasteiger partial charge in [-0.2, -0.15) is 0 Å². The number of methoxy groups -OCH3 is 2. The van der Waals surface area contributed by atoms with E-state index >= 15 is 0 Å². The summed E-state index contributed by atoms with van der Waals surface area (Å²) in [6.45, 7) is 1.81. The minimum Gasteiger partial charge on any atom is -0.467 e. The number of hydrogen-bond donors (Lipinski definition) is 1. The molecule has 3 unspecified atom stereocenters. The third-order valence-corrected chi connectivity index (χ3v) is 2.00. The number of epoxide rings is 1. The number of rotatable bonds is 3. The third kappa shape index (κ3) is 2.35. The van der Waals surface area contributed by atoms with E-state index in [1.807, 2.05) is 0 Å². The fourth-order valence-electron chi connectivity index (χ4n) is 1.14. The molecule has 14 heavy (non-hydrogen) atoms. The van der Waals surface area contributed by atoms with Gasteiger partial charge in [0, 0.05) is 0 Å². The lowest BCUT2D eigenvalue weighted by Crippen LogP contribution is -2.45. The Labute approximate surface area is 81.5 Å². The molecular formula is C8H13NO5. The van der Waals surface area contributed by atoms with Crippen molar-refractivity contribution >= 4 is 12.1 Å². The van der Waals surface area contributed by atoms with Crippen molar-refractivity contribution in [3.05, 3.63) is 0 Å². The van der Waals surface area contributed by atoms with Gasteiger partial charge in [-0.25, -0.2) is 9.59 Å². The molecule has 0 aromatic rings. The lowest BCUT2D eigenvalue weighted by molar-refractivity contribution is -0.143. The predicted octanol–water partition coefficient (Wildman–Crippen LogP) is -0.329. The van der Waals surface area contributed by atoms with Crippen molar-refractivity contribution in [1.29, 1.82) is 0 Å². The first-order chi connectivity index (χ1) is 6.60. The van der Waals surface area contributed by atoms with Gasteiger partial charge in [0.25, 0.3) is 0 Å². The van der Waals surface area contributed by atoms with E-state index in [1.165, 1.54) is 14.2 Å². The van der Waals surface area contributed by atoms with Gasteiger partial charge in [0.2, 0.25) is 0 Å². The molecule has 0 aromatic heterocycles. The molecule has 1 fully saturated rings. The lowest BCUT2D eigenvalue weighted by Gasteiger charge is -2.12. The highest BCUT2D eigenvalue weighted by atomic mass is 16.6. The predicted molar refractivity (Wildman–Crippen MR) is 45.7 cm³/mol. The second-order valence-electron chi connectivity index (χ2n) is 2.94. The molecule has 1 saturated heterocycles. The van der Waals surface area contributed by atoms with Gasteiger partial charge in [0.1, 0.15) is 6.10 Å². The largest absolute Gasteiger partial charge is 0.467 e. The van der Waals surface area contributed by atoms with Crippen LogP contribution < -0.4 is 5.32 Å². The molecule has 80 valence electrons. The summed E-state index contributed by atoms with van der Waals surface area (Å²) in [5.41, 5.74) is 0. The number of esters is 1. The van der Waals surface area contributed by atoms with Gasteiger partial charge >= 0.3 is 12.1 Å². The summed E-state index contributed by atoms with van der Waals surface area (Å²) < 4.78 is 14.0. The molecular weight excluding hydrogens is 190 g/mol. The lowest BCUT2D eigenvalue weighted by atomic mass is 10.2. The molecule has 3 atom stereocenters. The molecule has 0 spiro atoms. The maximum absolute atomic E-state index is 11.2. The average molecular weight is 203 g/mol. The Morgan fingerprint density at radius 1 is 1.36 bits per heavy atom. The summed E-state index contributed by atoms with van der Waals surface area (Å²) in [6.07, 6.45) is -1.04. The van der Waals surface area contributed by atoms with E-state index in [1.54, 1.807) is 6.92 Å². The van der Waals surface area contributed by atoms with E-state index in [0.29, 0.717) is 0 Å². The monoisotopic (exact) mass is 203 g/mol. The average Bonchev–Trinajstić information content (AvgIpc) is 2.90. The van der Waals surface area contributed by atoms with Crippen LogP contribution in [0.5, 0.6) is 0 Å². The van der Waals surface area contributed by atoms with Crippen molar-refractivity contribution in [2.24, 2.45) is 0 Å². The van der Waals surface area contributed by atoms with E-state index < -0.39 is 18.1 Å². The normalized spacial score (nSPS) is 26.2. The first-order valence-corrected chi connectivity index (χ1v) is 4.18. The minimum absolute atomic E-state index is 0.0451. The molecule has 0 aliphatic carbocycles. The summed E-state index contributed by atoms with van der Waals surface area (Å²) in [5.74, 6) is -0.537. The van der Waals surface area contributed by atoms with Crippen LogP contribution in [-0.4, -0.2) is 44.5 Å². The summed E-state index contributed by atoms with van der Waals surface area (Å²) >= 11 is 0. The Kier molecular flexibility index (Phi) is 3.29. The molecule has 0 aromatic carbocycles. The standard InChI is InChI=1S/C8H13NO5/c1-4-6(14-4)5(7(10)12-2)9-8(11)13-3/h4-6H,1-3H3,(H,9,11). The molecule has 0 radical (unpaired) electrons. The number of amides is 1. The van der Waals surface area contributed by atoms with Gasteiger partial charge in [0.15, 0.2) is 6.04 Å². The SMILES string of the molecule is COC(=O)NC(C(=O)OC)C1OC1C. The highest BCUT2D eigenvalue weighted by Crippen LogP contribution is 2.25. The molecule has 1 aliphatic heterocycles. The Balaban J connectivity index is 2.53. The number of carbonyl (C=O) groups is 2. The Morgan fingerprint density at radius 2 is 1.93 bits per heavy atom. The van der Waals surface area contributed by atoms with Gasteiger partial charge in [0.05, 0.1) is 20.3 Å². The van der Waals surface area contributed by atoms with Crippen LogP contribution in [0.3, 0.4) is 0 Å². The summed E-state index contributed by atoms with van der Waals surface area (Å²) in [7, 11) is 2.47. The number of nitrogens with one attached hydrogen (secondary N) is 1. The molecule has 1 N–H and O–H groups in total. The highest BCUT2D eigenvalue weighted by molar-refractivity contribution is 5.82. The summed E-state index contributed by atoms with van der Waals surface area (Å²) in [5, 5.41) is 2.35. The third-order valence-electron chi connectivity index (χ3n) is 2.00. The van der Waals surface area contributed by atoms with Crippen LogP contribution in [0.4, 0.5) is 4.79 Å². The minimum atomic E-state index is -0.789. The molecule has 6 heteroatoms. The maximum atomic E-state index is 11.2. The number of hydrogen-bond acceptors (Lipinski definition) is 5. The van der Waals surface area contributed by atoms with Crippen LogP contribution in [-0.2, 0) is 19.0 Å². The summed E-state index contributed by atoms with van der Waals surface area (Å²) in [6, 6.07) is -0.789. The van der Waals surface area contributed by atoms with Crippen molar-refractivity contribution < 1.29 is 23.8 Å². The first kappa shape index (κ1) is 10.8. The highest BCUT2D eigenvalue weighted by Gasteiger charge is 2.46. The Morgan fingerprint density at radius 3 is 2.29 bits per heavy atom. The smallest absolute Gasteiger partial charge is 0.407 e. The fraction of sp³-hybridized carbons (Fsp3) is 0.750. The van der Waals surface area contributed by atoms with E-state index in [2.05, 4.69) is 14.8 Å². The number of ether oxygens (including phenoxy) is 3. The van der Waals surface area contributed by atoms with Crippen molar-refractivity contribution in [3.8, 4) is 0 Å².